The molecule has 1 amide bonds. The smallest absolute Gasteiger partial charge is 0.296 e. The maximum Gasteiger partial charge on any atom is 0.296 e. The van der Waals surface area contributed by atoms with Gasteiger partial charge >= 0.3 is 0 Å². The molecule has 170 valence electrons. The highest BCUT2D eigenvalue weighted by Gasteiger charge is 2.46. The number of ketones is 1. The fraction of sp³-hybridized carbons (Fsp3) is 0.500. The van der Waals surface area contributed by atoms with Crippen LogP contribution in [0.25, 0.3) is 0 Å². The lowest BCUT2D eigenvalue weighted by molar-refractivity contribution is -0.146. The first kappa shape index (κ1) is 22.2. The second-order valence-corrected chi connectivity index (χ2v) is 8.87. The number of ether oxygens (including phenoxy) is 2. The van der Waals surface area contributed by atoms with Gasteiger partial charge in [-0.05, 0) is 37.2 Å². The van der Waals surface area contributed by atoms with Crippen LogP contribution in [0.15, 0.2) is 35.1 Å². The minimum absolute atomic E-state index is 0.0180. The normalized spacial score (nSPS) is 21.5. The lowest BCUT2D eigenvalue weighted by Crippen LogP contribution is -2.41. The zero-order valence-electron chi connectivity index (χ0n) is 18.8. The molecule has 2 aromatic rings. The van der Waals surface area contributed by atoms with Crippen LogP contribution in [0, 0.1) is 5.92 Å². The number of nitrogens with zero attached hydrogens (tertiary/aromatic N) is 3. The number of Topliss-reactive ketones (excluding diaryl/α,β-unsaturated/α-hetero) is 1. The lowest BCUT2D eigenvalue weighted by Gasteiger charge is -2.36. The average molecular weight is 440 g/mol. The van der Waals surface area contributed by atoms with Crippen LogP contribution in [-0.2, 0) is 28.3 Å². The maximum absolute atomic E-state index is 13.5. The SMILES string of the molecule is CC(=O)c1nc2n(c(=O)c1OCc1ccccc1)CC1CCC2(OCC(=O)N(C)C)CC1. The fourth-order valence-electron chi connectivity index (χ4n) is 4.50. The van der Waals surface area contributed by atoms with Crippen molar-refractivity contribution in [3.63, 3.8) is 0 Å². The van der Waals surface area contributed by atoms with E-state index in [1.54, 1.807) is 18.7 Å². The van der Waals surface area contributed by atoms with E-state index in [1.807, 2.05) is 30.3 Å². The van der Waals surface area contributed by atoms with Gasteiger partial charge in [0, 0.05) is 27.6 Å². The minimum atomic E-state index is -0.861. The minimum Gasteiger partial charge on any atom is -0.481 e. The van der Waals surface area contributed by atoms with Crippen LogP contribution in [0.5, 0.6) is 5.75 Å². The molecule has 5 rings (SSSR count). The number of carbonyl (C=O) groups excluding carboxylic acids is 2. The molecule has 0 spiro atoms. The van der Waals surface area contributed by atoms with Crippen molar-refractivity contribution in [2.45, 2.75) is 51.4 Å². The van der Waals surface area contributed by atoms with E-state index in [0.717, 1.165) is 18.4 Å². The summed E-state index contributed by atoms with van der Waals surface area (Å²) < 4.78 is 13.6. The Bertz CT molecular complexity index is 1070. The van der Waals surface area contributed by atoms with Gasteiger partial charge in [0.15, 0.2) is 11.5 Å². The number of amides is 1. The summed E-state index contributed by atoms with van der Waals surface area (Å²) in [6, 6.07) is 9.47. The van der Waals surface area contributed by atoms with Crippen LogP contribution in [-0.4, -0.2) is 46.8 Å². The number of hydrogen-bond donors (Lipinski definition) is 0. The maximum atomic E-state index is 13.5. The third-order valence-corrected chi connectivity index (χ3v) is 6.42. The molecule has 0 saturated heterocycles. The van der Waals surface area contributed by atoms with Crippen molar-refractivity contribution in [3.8, 4) is 5.75 Å². The largest absolute Gasteiger partial charge is 0.481 e. The number of likely N-dealkylation sites (N-methyl/N-ethyl adjacent to an activating group) is 1. The Balaban J connectivity index is 1.75. The third-order valence-electron chi connectivity index (χ3n) is 6.42. The van der Waals surface area contributed by atoms with Crippen molar-refractivity contribution in [2.24, 2.45) is 5.92 Å². The Labute approximate surface area is 187 Å². The second-order valence-electron chi connectivity index (χ2n) is 8.87. The summed E-state index contributed by atoms with van der Waals surface area (Å²) in [5.41, 5.74) is -0.315. The molecule has 2 aliphatic heterocycles. The molecule has 32 heavy (non-hydrogen) atoms. The zero-order valence-corrected chi connectivity index (χ0v) is 18.8. The Morgan fingerprint density at radius 1 is 1.19 bits per heavy atom. The molecule has 8 nitrogen and oxygen atoms in total. The number of hydrogen-bond acceptors (Lipinski definition) is 6. The predicted molar refractivity (Wildman–Crippen MR) is 118 cm³/mol. The van der Waals surface area contributed by atoms with E-state index in [0.29, 0.717) is 31.1 Å². The molecular formula is C24H29N3O5. The monoisotopic (exact) mass is 439 g/mol. The molecule has 0 unspecified atom stereocenters. The van der Waals surface area contributed by atoms with Crippen molar-refractivity contribution in [1.82, 2.24) is 14.5 Å². The third kappa shape index (κ3) is 4.19. The molecular weight excluding hydrogens is 410 g/mol. The molecule has 1 saturated carbocycles. The molecule has 1 aliphatic carbocycles. The Hall–Kier alpha value is -3.00. The summed E-state index contributed by atoms with van der Waals surface area (Å²) in [6.07, 6.45) is 3.06. The molecule has 1 aromatic carbocycles. The zero-order chi connectivity index (χ0) is 22.9. The van der Waals surface area contributed by atoms with Crippen LogP contribution in [0.1, 0.15) is 54.5 Å². The van der Waals surface area contributed by atoms with Gasteiger partial charge in [0.1, 0.15) is 24.6 Å². The van der Waals surface area contributed by atoms with Crippen molar-refractivity contribution in [2.75, 3.05) is 20.7 Å². The van der Waals surface area contributed by atoms with E-state index < -0.39 is 5.60 Å². The van der Waals surface area contributed by atoms with Crippen LogP contribution in [0.2, 0.25) is 0 Å². The highest BCUT2D eigenvalue weighted by molar-refractivity contribution is 5.94. The second kappa shape index (κ2) is 8.86. The van der Waals surface area contributed by atoms with Crippen molar-refractivity contribution in [3.05, 3.63) is 57.8 Å². The molecule has 0 radical (unpaired) electrons. The molecule has 0 atom stereocenters. The van der Waals surface area contributed by atoms with Gasteiger partial charge < -0.3 is 14.4 Å². The van der Waals surface area contributed by atoms with E-state index in [1.165, 1.54) is 11.8 Å². The van der Waals surface area contributed by atoms with Crippen molar-refractivity contribution < 1.29 is 19.1 Å². The standard InChI is InChI=1S/C24H29N3O5/c1-16(28)20-21(31-14-18-7-5-4-6-8-18)22(30)27-13-17-9-11-24(12-10-17,23(27)25-20)32-15-19(29)26(2)3/h4-8,17H,9-15H2,1-3H3. The van der Waals surface area contributed by atoms with Crippen LogP contribution in [0.4, 0.5) is 0 Å². The fourth-order valence-corrected chi connectivity index (χ4v) is 4.50. The average Bonchev–Trinajstić information content (AvgIpc) is 3.04. The number of aromatic nitrogens is 2. The molecule has 0 N–H and O–H groups in total. The number of carbonyl (C=O) groups is 2. The van der Waals surface area contributed by atoms with Gasteiger partial charge in [-0.25, -0.2) is 4.98 Å². The topological polar surface area (TPSA) is 90.7 Å². The summed E-state index contributed by atoms with van der Waals surface area (Å²) in [5.74, 6) is 0.237. The number of fused-ring (bicyclic) bond motifs is 2. The Morgan fingerprint density at radius 3 is 2.50 bits per heavy atom. The lowest BCUT2D eigenvalue weighted by atomic mass is 9.80. The highest BCUT2D eigenvalue weighted by Crippen LogP contribution is 2.45. The predicted octanol–water partition coefficient (Wildman–Crippen LogP) is 2.53. The first-order valence-corrected chi connectivity index (χ1v) is 11.0. The van der Waals surface area contributed by atoms with Gasteiger partial charge in [-0.2, -0.15) is 0 Å². The van der Waals surface area contributed by atoms with Crippen LogP contribution >= 0.6 is 0 Å². The van der Waals surface area contributed by atoms with Crippen LogP contribution in [0.3, 0.4) is 0 Å². The van der Waals surface area contributed by atoms with Crippen LogP contribution < -0.4 is 10.3 Å². The Morgan fingerprint density at radius 2 is 1.88 bits per heavy atom. The van der Waals surface area contributed by atoms with E-state index in [9.17, 15) is 14.4 Å². The quantitative estimate of drug-likeness (QED) is 0.616. The van der Waals surface area contributed by atoms with Gasteiger partial charge in [0.05, 0.1) is 0 Å². The summed E-state index contributed by atoms with van der Waals surface area (Å²) in [7, 11) is 3.35. The molecule has 1 aromatic heterocycles. The number of rotatable bonds is 7. The first-order valence-electron chi connectivity index (χ1n) is 11.0. The molecule has 3 aliphatic rings. The highest BCUT2D eigenvalue weighted by atomic mass is 16.5. The van der Waals surface area contributed by atoms with E-state index in [-0.39, 0.29) is 41.9 Å². The van der Waals surface area contributed by atoms with Gasteiger partial charge in [-0.15, -0.1) is 0 Å². The van der Waals surface area contributed by atoms with Gasteiger partial charge in [0.25, 0.3) is 5.56 Å². The molecule has 2 bridgehead atoms. The first-order chi connectivity index (χ1) is 15.3. The summed E-state index contributed by atoms with van der Waals surface area (Å²) in [5, 5.41) is 0. The van der Waals surface area contributed by atoms with Gasteiger partial charge in [-0.3, -0.25) is 19.0 Å². The van der Waals surface area contributed by atoms with Crippen molar-refractivity contribution in [1.29, 1.82) is 0 Å². The van der Waals surface area contributed by atoms with Gasteiger partial charge in [-0.1, -0.05) is 30.3 Å². The summed E-state index contributed by atoms with van der Waals surface area (Å²) in [4.78, 5) is 44.3. The van der Waals surface area contributed by atoms with E-state index in [4.69, 9.17) is 9.47 Å². The molecule has 8 heteroatoms. The summed E-state index contributed by atoms with van der Waals surface area (Å²) >= 11 is 0. The molecule has 1 fully saturated rings. The van der Waals surface area contributed by atoms with E-state index >= 15 is 0 Å². The van der Waals surface area contributed by atoms with Crippen molar-refractivity contribution >= 4 is 11.7 Å². The van der Waals surface area contributed by atoms with E-state index in [2.05, 4.69) is 4.98 Å². The molecule has 3 heterocycles. The van der Waals surface area contributed by atoms with Gasteiger partial charge in [0.2, 0.25) is 11.7 Å². The Kier molecular flexibility index (Phi) is 6.15. The summed E-state index contributed by atoms with van der Waals surface area (Å²) in [6.45, 7) is 1.95. The number of benzene rings is 1.